The van der Waals surface area contributed by atoms with Crippen LogP contribution in [0.2, 0.25) is 0 Å². The second-order valence-corrected chi connectivity index (χ2v) is 8.74. The minimum Gasteiger partial charge on any atom is -0.497 e. The standard InChI is InChI=1S/C20H22F2N2O5S/c1-28-15-6-8-18(29-2)19(11-15)30(26,27)24-9-3-4-13(12-24)20(25)23-17-7-5-14(21)10-16(17)22/h5-8,10-11,13H,3-4,9,12H2,1-2H3,(H,23,25)/t13-/m1/s1. The molecule has 0 spiro atoms. The molecule has 0 radical (unpaired) electrons. The number of carbonyl (C=O) groups is 1. The Hall–Kier alpha value is -2.72. The lowest BCUT2D eigenvalue weighted by molar-refractivity contribution is -0.120. The first kappa shape index (κ1) is 22.0. The first-order valence-electron chi connectivity index (χ1n) is 9.24. The number of rotatable bonds is 6. The van der Waals surface area contributed by atoms with Gasteiger partial charge in [0.25, 0.3) is 0 Å². The van der Waals surface area contributed by atoms with Crippen molar-refractivity contribution in [3.63, 3.8) is 0 Å². The van der Waals surface area contributed by atoms with Crippen molar-refractivity contribution >= 4 is 21.6 Å². The summed E-state index contributed by atoms with van der Waals surface area (Å²) in [5, 5.41) is 2.41. The number of nitrogens with zero attached hydrogens (tertiary/aromatic N) is 1. The second kappa shape index (κ2) is 8.97. The predicted molar refractivity (Wildman–Crippen MR) is 106 cm³/mol. The van der Waals surface area contributed by atoms with E-state index in [1.54, 1.807) is 6.07 Å². The van der Waals surface area contributed by atoms with Gasteiger partial charge in [-0.3, -0.25) is 4.79 Å². The van der Waals surface area contributed by atoms with Crippen LogP contribution < -0.4 is 14.8 Å². The van der Waals surface area contributed by atoms with Gasteiger partial charge in [0.05, 0.1) is 25.8 Å². The number of hydrogen-bond acceptors (Lipinski definition) is 5. The van der Waals surface area contributed by atoms with E-state index in [2.05, 4.69) is 5.32 Å². The van der Waals surface area contributed by atoms with Gasteiger partial charge in [0.15, 0.2) is 0 Å². The number of amides is 1. The molecule has 1 aliphatic heterocycles. The molecule has 30 heavy (non-hydrogen) atoms. The Labute approximate surface area is 173 Å². The molecule has 7 nitrogen and oxygen atoms in total. The van der Waals surface area contributed by atoms with Crippen molar-refractivity contribution in [3.05, 3.63) is 48.0 Å². The van der Waals surface area contributed by atoms with Crippen LogP contribution in [0.5, 0.6) is 11.5 Å². The summed E-state index contributed by atoms with van der Waals surface area (Å²) in [6.45, 7) is 0.161. The zero-order chi connectivity index (χ0) is 21.9. The summed E-state index contributed by atoms with van der Waals surface area (Å²) in [5.74, 6) is -2.35. The van der Waals surface area contributed by atoms with Gasteiger partial charge in [-0.2, -0.15) is 4.31 Å². The van der Waals surface area contributed by atoms with E-state index in [-0.39, 0.29) is 29.4 Å². The van der Waals surface area contributed by atoms with E-state index in [0.29, 0.717) is 24.7 Å². The monoisotopic (exact) mass is 440 g/mol. The lowest BCUT2D eigenvalue weighted by Crippen LogP contribution is -2.43. The predicted octanol–water partition coefficient (Wildman–Crippen LogP) is 3.02. The third-order valence-electron chi connectivity index (χ3n) is 4.93. The molecular formula is C20H22F2N2O5S. The summed E-state index contributed by atoms with van der Waals surface area (Å²) in [5.41, 5.74) is -0.157. The van der Waals surface area contributed by atoms with E-state index >= 15 is 0 Å². The van der Waals surface area contributed by atoms with Gasteiger partial charge in [0.2, 0.25) is 15.9 Å². The third kappa shape index (κ3) is 4.54. The lowest BCUT2D eigenvalue weighted by Gasteiger charge is -2.31. The maximum atomic E-state index is 13.8. The highest BCUT2D eigenvalue weighted by atomic mass is 32.2. The fourth-order valence-electron chi connectivity index (χ4n) is 3.33. The molecule has 1 fully saturated rings. The van der Waals surface area contributed by atoms with Crippen molar-refractivity contribution in [2.75, 3.05) is 32.6 Å². The largest absolute Gasteiger partial charge is 0.497 e. The Morgan fingerprint density at radius 2 is 1.90 bits per heavy atom. The molecule has 0 aliphatic carbocycles. The quantitative estimate of drug-likeness (QED) is 0.747. The molecule has 1 saturated heterocycles. The average Bonchev–Trinajstić information content (AvgIpc) is 2.75. The highest BCUT2D eigenvalue weighted by molar-refractivity contribution is 7.89. The molecule has 1 heterocycles. The molecule has 0 saturated carbocycles. The van der Waals surface area contributed by atoms with Crippen molar-refractivity contribution in [1.29, 1.82) is 0 Å². The number of methoxy groups -OCH3 is 2. The van der Waals surface area contributed by atoms with Gasteiger partial charge in [-0.05, 0) is 37.1 Å². The molecule has 162 valence electrons. The summed E-state index contributed by atoms with van der Waals surface area (Å²) in [7, 11) is -1.18. The van der Waals surface area contributed by atoms with Crippen molar-refractivity contribution in [1.82, 2.24) is 4.31 Å². The smallest absolute Gasteiger partial charge is 0.246 e. The normalized spacial score (nSPS) is 17.4. The number of hydrogen-bond donors (Lipinski definition) is 1. The van der Waals surface area contributed by atoms with Gasteiger partial charge < -0.3 is 14.8 Å². The van der Waals surface area contributed by atoms with E-state index in [0.717, 1.165) is 12.1 Å². The molecule has 2 aromatic carbocycles. The van der Waals surface area contributed by atoms with E-state index in [1.807, 2.05) is 0 Å². The molecule has 2 aromatic rings. The minimum absolute atomic E-state index is 0.0602. The number of anilines is 1. The number of carbonyl (C=O) groups excluding carboxylic acids is 1. The van der Waals surface area contributed by atoms with Gasteiger partial charge >= 0.3 is 0 Å². The van der Waals surface area contributed by atoms with Crippen molar-refractivity contribution in [2.24, 2.45) is 5.92 Å². The van der Waals surface area contributed by atoms with Gasteiger partial charge in [-0.15, -0.1) is 0 Å². The van der Waals surface area contributed by atoms with Crippen molar-refractivity contribution in [2.45, 2.75) is 17.7 Å². The number of nitrogens with one attached hydrogen (secondary N) is 1. The third-order valence-corrected chi connectivity index (χ3v) is 6.82. The maximum Gasteiger partial charge on any atom is 0.246 e. The van der Waals surface area contributed by atoms with Crippen LogP contribution in [0.15, 0.2) is 41.3 Å². The minimum atomic E-state index is -3.97. The van der Waals surface area contributed by atoms with Crippen molar-refractivity contribution in [3.8, 4) is 11.5 Å². The molecule has 1 aliphatic rings. The van der Waals surface area contributed by atoms with Crippen LogP contribution in [0.1, 0.15) is 12.8 Å². The molecule has 3 rings (SSSR count). The first-order chi connectivity index (χ1) is 14.3. The van der Waals surface area contributed by atoms with Crippen LogP contribution in [0.4, 0.5) is 14.5 Å². The Bertz CT molecular complexity index is 1050. The van der Waals surface area contributed by atoms with Crippen LogP contribution in [0.3, 0.4) is 0 Å². The number of benzene rings is 2. The van der Waals surface area contributed by atoms with Gasteiger partial charge in [-0.25, -0.2) is 17.2 Å². The van der Waals surface area contributed by atoms with Crippen LogP contribution in [0, 0.1) is 17.6 Å². The molecule has 1 N–H and O–H groups in total. The number of piperidine rings is 1. The van der Waals surface area contributed by atoms with E-state index in [1.165, 1.54) is 30.7 Å². The molecule has 1 amide bonds. The van der Waals surface area contributed by atoms with Crippen molar-refractivity contribution < 1.29 is 31.5 Å². The highest BCUT2D eigenvalue weighted by Crippen LogP contribution is 2.33. The highest BCUT2D eigenvalue weighted by Gasteiger charge is 2.35. The first-order valence-corrected chi connectivity index (χ1v) is 10.7. The topological polar surface area (TPSA) is 84.9 Å². The Balaban J connectivity index is 1.80. The molecule has 0 bridgehead atoms. The lowest BCUT2D eigenvalue weighted by atomic mass is 9.98. The number of ether oxygens (including phenoxy) is 2. The Kier molecular flexibility index (Phi) is 6.57. The van der Waals surface area contributed by atoms with Gasteiger partial charge in [-0.1, -0.05) is 0 Å². The molecule has 1 atom stereocenters. The molecular weight excluding hydrogens is 418 g/mol. The average molecular weight is 440 g/mol. The second-order valence-electron chi connectivity index (χ2n) is 6.83. The SMILES string of the molecule is COc1ccc(OC)c(S(=O)(=O)N2CCC[C@@H](C(=O)Nc3ccc(F)cc3F)C2)c1. The Morgan fingerprint density at radius 3 is 2.57 bits per heavy atom. The summed E-state index contributed by atoms with van der Waals surface area (Å²) < 4.78 is 64.8. The molecule has 0 unspecified atom stereocenters. The summed E-state index contributed by atoms with van der Waals surface area (Å²) in [6, 6.07) is 7.28. The van der Waals surface area contributed by atoms with Crippen LogP contribution >= 0.6 is 0 Å². The number of sulfonamides is 1. The molecule has 0 aromatic heterocycles. The van der Waals surface area contributed by atoms with Gasteiger partial charge in [0.1, 0.15) is 28.0 Å². The summed E-state index contributed by atoms with van der Waals surface area (Å²) >= 11 is 0. The zero-order valence-corrected chi connectivity index (χ0v) is 17.3. The summed E-state index contributed by atoms with van der Waals surface area (Å²) in [6.07, 6.45) is 0.894. The fourth-order valence-corrected chi connectivity index (χ4v) is 5.02. The summed E-state index contributed by atoms with van der Waals surface area (Å²) in [4.78, 5) is 12.5. The van der Waals surface area contributed by atoms with E-state index < -0.39 is 33.5 Å². The fraction of sp³-hybridized carbons (Fsp3) is 0.350. The maximum absolute atomic E-state index is 13.8. The van der Waals surface area contributed by atoms with Crippen LogP contribution in [0.25, 0.3) is 0 Å². The van der Waals surface area contributed by atoms with E-state index in [9.17, 15) is 22.0 Å². The van der Waals surface area contributed by atoms with Crippen LogP contribution in [-0.2, 0) is 14.8 Å². The van der Waals surface area contributed by atoms with E-state index in [4.69, 9.17) is 9.47 Å². The Morgan fingerprint density at radius 1 is 1.13 bits per heavy atom. The number of halogens is 2. The molecule has 10 heteroatoms. The van der Waals surface area contributed by atoms with Gasteiger partial charge in [0, 0.05) is 25.2 Å². The van der Waals surface area contributed by atoms with Crippen LogP contribution in [-0.4, -0.2) is 45.9 Å². The zero-order valence-electron chi connectivity index (χ0n) is 16.5.